The van der Waals surface area contributed by atoms with Gasteiger partial charge in [0.2, 0.25) is 0 Å². The number of rotatable bonds is 4. The fourth-order valence-corrected chi connectivity index (χ4v) is 3.11. The summed E-state index contributed by atoms with van der Waals surface area (Å²) in [5.74, 6) is 3.75. The van der Waals surface area contributed by atoms with Crippen molar-refractivity contribution in [2.75, 3.05) is 11.9 Å². The largest absolute Gasteiger partial charge is 0.370 e. The Hall–Kier alpha value is -1.62. The van der Waals surface area contributed by atoms with E-state index in [0.717, 1.165) is 47.4 Å². The molecule has 19 heavy (non-hydrogen) atoms. The summed E-state index contributed by atoms with van der Waals surface area (Å²) >= 11 is 1.90. The summed E-state index contributed by atoms with van der Waals surface area (Å²) in [5, 5.41) is 3.42. The van der Waals surface area contributed by atoms with Crippen LogP contribution in [0.15, 0.2) is 24.5 Å². The lowest BCUT2D eigenvalue weighted by Gasteiger charge is -2.11. The van der Waals surface area contributed by atoms with Crippen LogP contribution in [0, 0.1) is 0 Å². The summed E-state index contributed by atoms with van der Waals surface area (Å²) in [6.45, 7) is 3.10. The molecule has 0 saturated heterocycles. The highest BCUT2D eigenvalue weighted by Crippen LogP contribution is 2.34. The molecule has 1 N–H and O–H groups in total. The lowest BCUT2D eigenvalue weighted by Crippen LogP contribution is -2.08. The summed E-state index contributed by atoms with van der Waals surface area (Å²) in [7, 11) is 0. The van der Waals surface area contributed by atoms with Gasteiger partial charge in [-0.2, -0.15) is 11.8 Å². The van der Waals surface area contributed by atoms with Crippen LogP contribution in [0.2, 0.25) is 0 Å². The van der Waals surface area contributed by atoms with Crippen LogP contribution in [-0.4, -0.2) is 21.5 Å². The van der Waals surface area contributed by atoms with E-state index < -0.39 is 0 Å². The van der Waals surface area contributed by atoms with Gasteiger partial charge < -0.3 is 5.32 Å². The Morgan fingerprint density at radius 2 is 2.26 bits per heavy atom. The molecule has 1 aliphatic heterocycles. The molecule has 0 fully saturated rings. The zero-order chi connectivity index (χ0) is 13.1. The minimum absolute atomic E-state index is 0.771. The van der Waals surface area contributed by atoms with E-state index in [2.05, 4.69) is 27.2 Å². The monoisotopic (exact) mass is 272 g/mol. The first-order chi connectivity index (χ1) is 9.38. The molecule has 3 heterocycles. The van der Waals surface area contributed by atoms with Gasteiger partial charge in [-0.25, -0.2) is 9.97 Å². The van der Waals surface area contributed by atoms with Gasteiger partial charge in [-0.3, -0.25) is 4.98 Å². The lowest BCUT2D eigenvalue weighted by molar-refractivity contribution is 0.955. The lowest BCUT2D eigenvalue weighted by atomic mass is 10.2. The molecular weight excluding hydrogens is 256 g/mol. The molecule has 0 spiro atoms. The molecule has 2 aromatic heterocycles. The predicted octanol–water partition coefficient (Wildman–Crippen LogP) is 3.11. The van der Waals surface area contributed by atoms with Crippen molar-refractivity contribution in [3.8, 4) is 11.4 Å². The molecule has 0 radical (unpaired) electrons. The molecule has 0 aliphatic carbocycles. The Labute approximate surface area is 117 Å². The average Bonchev–Trinajstić information content (AvgIpc) is 2.94. The van der Waals surface area contributed by atoms with E-state index in [4.69, 9.17) is 0 Å². The zero-order valence-electron chi connectivity index (χ0n) is 10.9. The third-order valence-corrected chi connectivity index (χ3v) is 4.01. The number of anilines is 1. The van der Waals surface area contributed by atoms with Gasteiger partial charge in [-0.05, 0) is 18.6 Å². The molecule has 5 heteroatoms. The average molecular weight is 272 g/mol. The minimum atomic E-state index is 0.771. The van der Waals surface area contributed by atoms with E-state index in [-0.39, 0.29) is 0 Å². The molecule has 0 atom stereocenters. The first-order valence-corrected chi connectivity index (χ1v) is 7.65. The van der Waals surface area contributed by atoms with E-state index in [9.17, 15) is 0 Å². The fraction of sp³-hybridized carbons (Fsp3) is 0.357. The number of nitrogens with one attached hydrogen (secondary N) is 1. The molecule has 3 rings (SSSR count). The Balaban J connectivity index is 2.02. The number of fused-ring (bicyclic) bond motifs is 1. The van der Waals surface area contributed by atoms with Gasteiger partial charge in [-0.15, -0.1) is 0 Å². The molecule has 98 valence electrons. The van der Waals surface area contributed by atoms with Crippen LogP contribution in [0.5, 0.6) is 0 Å². The van der Waals surface area contributed by atoms with Gasteiger partial charge in [0.1, 0.15) is 5.82 Å². The maximum absolute atomic E-state index is 4.68. The first kappa shape index (κ1) is 12.4. The Bertz CT molecular complexity index is 571. The van der Waals surface area contributed by atoms with E-state index in [1.54, 1.807) is 6.20 Å². The number of nitrogens with zero attached hydrogens (tertiary/aromatic N) is 3. The standard InChI is InChI=1S/C14H16N4S/c1-2-5-16-14-11-8-19-9-12(11)17-13(18-14)10-4-3-6-15-7-10/h3-4,6-7H,2,5,8-9H2,1H3,(H,16,17,18). The second kappa shape index (κ2) is 5.57. The topological polar surface area (TPSA) is 50.7 Å². The number of pyridine rings is 1. The maximum Gasteiger partial charge on any atom is 0.163 e. The van der Waals surface area contributed by atoms with Crippen LogP contribution in [0.3, 0.4) is 0 Å². The van der Waals surface area contributed by atoms with E-state index in [1.165, 1.54) is 5.56 Å². The summed E-state index contributed by atoms with van der Waals surface area (Å²) in [6, 6.07) is 3.92. The number of thioether (sulfide) groups is 1. The predicted molar refractivity (Wildman–Crippen MR) is 79.0 cm³/mol. The van der Waals surface area contributed by atoms with Crippen LogP contribution in [-0.2, 0) is 11.5 Å². The maximum atomic E-state index is 4.68. The molecule has 0 unspecified atom stereocenters. The van der Waals surface area contributed by atoms with Crippen molar-refractivity contribution in [3.05, 3.63) is 35.8 Å². The molecule has 0 aromatic carbocycles. The highest BCUT2D eigenvalue weighted by atomic mass is 32.2. The Morgan fingerprint density at radius 1 is 1.32 bits per heavy atom. The van der Waals surface area contributed by atoms with Gasteiger partial charge in [-0.1, -0.05) is 6.92 Å². The van der Waals surface area contributed by atoms with Crippen LogP contribution in [0.1, 0.15) is 24.6 Å². The molecule has 0 amide bonds. The first-order valence-electron chi connectivity index (χ1n) is 6.50. The van der Waals surface area contributed by atoms with Crippen molar-refractivity contribution in [2.45, 2.75) is 24.9 Å². The fourth-order valence-electron chi connectivity index (χ4n) is 2.06. The number of aromatic nitrogens is 3. The van der Waals surface area contributed by atoms with Gasteiger partial charge in [0.05, 0.1) is 5.69 Å². The van der Waals surface area contributed by atoms with Crippen molar-refractivity contribution in [2.24, 2.45) is 0 Å². The Kier molecular flexibility index (Phi) is 3.64. The highest BCUT2D eigenvalue weighted by molar-refractivity contribution is 7.98. The molecule has 0 bridgehead atoms. The molecule has 4 nitrogen and oxygen atoms in total. The smallest absolute Gasteiger partial charge is 0.163 e. The van der Waals surface area contributed by atoms with Crippen molar-refractivity contribution < 1.29 is 0 Å². The molecule has 0 saturated carbocycles. The second-order valence-electron chi connectivity index (χ2n) is 4.48. The normalized spacial score (nSPS) is 13.3. The molecular formula is C14H16N4S. The van der Waals surface area contributed by atoms with Crippen molar-refractivity contribution >= 4 is 17.6 Å². The number of hydrogen-bond donors (Lipinski definition) is 1. The van der Waals surface area contributed by atoms with Crippen molar-refractivity contribution in [3.63, 3.8) is 0 Å². The van der Waals surface area contributed by atoms with Gasteiger partial charge in [0.15, 0.2) is 5.82 Å². The number of hydrogen-bond acceptors (Lipinski definition) is 5. The highest BCUT2D eigenvalue weighted by Gasteiger charge is 2.20. The molecule has 1 aliphatic rings. The van der Waals surface area contributed by atoms with Gasteiger partial charge in [0, 0.05) is 41.6 Å². The second-order valence-corrected chi connectivity index (χ2v) is 5.47. The van der Waals surface area contributed by atoms with Crippen molar-refractivity contribution in [1.82, 2.24) is 15.0 Å². The summed E-state index contributed by atoms with van der Waals surface area (Å²) in [4.78, 5) is 13.5. The van der Waals surface area contributed by atoms with E-state index >= 15 is 0 Å². The molecule has 2 aromatic rings. The van der Waals surface area contributed by atoms with Crippen LogP contribution in [0.4, 0.5) is 5.82 Å². The van der Waals surface area contributed by atoms with E-state index in [1.807, 2.05) is 30.1 Å². The van der Waals surface area contributed by atoms with Crippen molar-refractivity contribution in [1.29, 1.82) is 0 Å². The summed E-state index contributed by atoms with van der Waals surface area (Å²) < 4.78 is 0. The van der Waals surface area contributed by atoms with Crippen LogP contribution in [0.25, 0.3) is 11.4 Å². The summed E-state index contributed by atoms with van der Waals surface area (Å²) in [5.41, 5.74) is 3.41. The summed E-state index contributed by atoms with van der Waals surface area (Å²) in [6.07, 6.45) is 4.67. The van der Waals surface area contributed by atoms with Crippen LogP contribution < -0.4 is 5.32 Å². The van der Waals surface area contributed by atoms with Gasteiger partial charge in [0.25, 0.3) is 0 Å². The zero-order valence-corrected chi connectivity index (χ0v) is 11.7. The van der Waals surface area contributed by atoms with Gasteiger partial charge >= 0.3 is 0 Å². The van der Waals surface area contributed by atoms with E-state index in [0.29, 0.717) is 0 Å². The Morgan fingerprint density at radius 3 is 3.05 bits per heavy atom. The SMILES string of the molecule is CCCNc1nc(-c2cccnc2)nc2c1CSC2. The quantitative estimate of drug-likeness (QED) is 0.926. The van der Waals surface area contributed by atoms with Crippen LogP contribution >= 0.6 is 11.8 Å². The third-order valence-electron chi connectivity index (χ3n) is 3.04. The minimum Gasteiger partial charge on any atom is -0.370 e. The third kappa shape index (κ3) is 2.56.